The largest absolute Gasteiger partial charge is 0.395 e. The number of rotatable bonds is 5. The van der Waals surface area contributed by atoms with Gasteiger partial charge < -0.3 is 14.7 Å². The molecule has 2 fully saturated rings. The number of piperazine rings is 1. The first-order valence-corrected chi connectivity index (χ1v) is 7.48. The predicted molar refractivity (Wildman–Crippen MR) is 72.9 cm³/mol. The molecule has 0 atom stereocenters. The molecule has 1 amide bonds. The zero-order valence-electron chi connectivity index (χ0n) is 11.7. The van der Waals surface area contributed by atoms with E-state index in [-0.39, 0.29) is 6.61 Å². The fraction of sp³-hybridized carbons (Fsp3) is 0.929. The van der Waals surface area contributed by atoms with Crippen LogP contribution < -0.4 is 0 Å². The molecule has 0 bridgehead atoms. The van der Waals surface area contributed by atoms with E-state index in [0.717, 1.165) is 65.2 Å². The summed E-state index contributed by atoms with van der Waals surface area (Å²) in [6.07, 6.45) is 3.92. The SMILES string of the molecule is O=C(CCC1CCOCC1)N1CCN(CCO)CC1. The number of ether oxygens (including phenoxy) is 1. The fourth-order valence-corrected chi connectivity index (χ4v) is 2.88. The minimum atomic E-state index is 0.206. The molecular formula is C14H26N2O3. The Bertz CT molecular complexity index is 272. The van der Waals surface area contributed by atoms with E-state index in [2.05, 4.69) is 4.90 Å². The number of amides is 1. The minimum Gasteiger partial charge on any atom is -0.395 e. The van der Waals surface area contributed by atoms with E-state index < -0.39 is 0 Å². The maximum absolute atomic E-state index is 12.1. The quantitative estimate of drug-likeness (QED) is 0.782. The second kappa shape index (κ2) is 7.82. The van der Waals surface area contributed by atoms with E-state index >= 15 is 0 Å². The molecule has 0 aromatic rings. The molecule has 0 aromatic heterocycles. The van der Waals surface area contributed by atoms with Gasteiger partial charge >= 0.3 is 0 Å². The van der Waals surface area contributed by atoms with E-state index in [1.807, 2.05) is 4.90 Å². The van der Waals surface area contributed by atoms with Gasteiger partial charge in [0.1, 0.15) is 0 Å². The Morgan fingerprint density at radius 1 is 1.16 bits per heavy atom. The van der Waals surface area contributed by atoms with Crippen molar-refractivity contribution in [2.45, 2.75) is 25.7 Å². The summed E-state index contributed by atoms with van der Waals surface area (Å²) in [4.78, 5) is 16.3. The molecule has 2 aliphatic heterocycles. The van der Waals surface area contributed by atoms with Gasteiger partial charge in [0.15, 0.2) is 0 Å². The van der Waals surface area contributed by atoms with E-state index in [9.17, 15) is 4.79 Å². The van der Waals surface area contributed by atoms with Crippen LogP contribution >= 0.6 is 0 Å². The Balaban J connectivity index is 1.63. The van der Waals surface area contributed by atoms with E-state index in [1.54, 1.807) is 0 Å². The van der Waals surface area contributed by atoms with Crippen LogP contribution in [0.1, 0.15) is 25.7 Å². The van der Waals surface area contributed by atoms with Crippen LogP contribution in [0.15, 0.2) is 0 Å². The van der Waals surface area contributed by atoms with Crippen molar-refractivity contribution in [2.75, 3.05) is 52.5 Å². The lowest BCUT2D eigenvalue weighted by Gasteiger charge is -2.34. The first-order chi connectivity index (χ1) is 9.29. The lowest BCUT2D eigenvalue weighted by molar-refractivity contribution is -0.133. The Kier molecular flexibility index (Phi) is 6.07. The van der Waals surface area contributed by atoms with Crippen molar-refractivity contribution < 1.29 is 14.6 Å². The standard InChI is InChI=1S/C14H26N2O3/c17-10-9-15-5-7-16(8-6-15)14(18)2-1-13-3-11-19-12-4-13/h13,17H,1-12H2. The molecule has 0 aliphatic carbocycles. The number of hydrogen-bond donors (Lipinski definition) is 1. The summed E-state index contributed by atoms with van der Waals surface area (Å²) in [5.74, 6) is 0.975. The molecule has 2 aliphatic rings. The van der Waals surface area contributed by atoms with Crippen LogP contribution in [0.25, 0.3) is 0 Å². The Morgan fingerprint density at radius 2 is 1.84 bits per heavy atom. The Labute approximate surface area is 115 Å². The third-order valence-electron chi connectivity index (χ3n) is 4.25. The normalized spacial score (nSPS) is 22.7. The van der Waals surface area contributed by atoms with Crippen molar-refractivity contribution >= 4 is 5.91 Å². The summed E-state index contributed by atoms with van der Waals surface area (Å²) in [6, 6.07) is 0. The predicted octanol–water partition coefficient (Wildman–Crippen LogP) is 0.330. The van der Waals surface area contributed by atoms with Crippen LogP contribution in [-0.4, -0.2) is 73.4 Å². The van der Waals surface area contributed by atoms with E-state index in [4.69, 9.17) is 9.84 Å². The summed E-state index contributed by atoms with van der Waals surface area (Å²) in [7, 11) is 0. The summed E-state index contributed by atoms with van der Waals surface area (Å²) in [5.41, 5.74) is 0. The lowest BCUT2D eigenvalue weighted by atomic mass is 9.94. The second-order valence-electron chi connectivity index (χ2n) is 5.54. The maximum Gasteiger partial charge on any atom is 0.222 e. The topological polar surface area (TPSA) is 53.0 Å². The number of hydrogen-bond acceptors (Lipinski definition) is 4. The first kappa shape index (κ1) is 14.8. The van der Waals surface area contributed by atoms with Crippen LogP contribution in [0.5, 0.6) is 0 Å². The number of β-amino-alcohol motifs (C(OH)–C–C–N with tert-alkyl or cyclic N) is 1. The summed E-state index contributed by atoms with van der Waals surface area (Å²) < 4.78 is 5.34. The highest BCUT2D eigenvalue weighted by atomic mass is 16.5. The Hall–Kier alpha value is -0.650. The van der Waals surface area contributed by atoms with E-state index in [0.29, 0.717) is 18.2 Å². The average molecular weight is 270 g/mol. The monoisotopic (exact) mass is 270 g/mol. The van der Waals surface area contributed by atoms with Crippen molar-refractivity contribution in [1.82, 2.24) is 9.80 Å². The van der Waals surface area contributed by atoms with Gasteiger partial charge in [-0.05, 0) is 25.2 Å². The Morgan fingerprint density at radius 3 is 2.47 bits per heavy atom. The molecule has 0 saturated carbocycles. The lowest BCUT2D eigenvalue weighted by Crippen LogP contribution is -2.49. The summed E-state index contributed by atoms with van der Waals surface area (Å²) >= 11 is 0. The molecule has 19 heavy (non-hydrogen) atoms. The molecule has 2 saturated heterocycles. The van der Waals surface area contributed by atoms with Crippen LogP contribution in [0.3, 0.4) is 0 Å². The molecular weight excluding hydrogens is 244 g/mol. The summed E-state index contributed by atoms with van der Waals surface area (Å²) in [6.45, 7) is 6.06. The van der Waals surface area contributed by atoms with Crippen LogP contribution in [0, 0.1) is 5.92 Å². The zero-order chi connectivity index (χ0) is 13.5. The van der Waals surface area contributed by atoms with Crippen molar-refractivity contribution in [1.29, 1.82) is 0 Å². The zero-order valence-corrected chi connectivity index (χ0v) is 11.7. The number of carbonyl (C=O) groups excluding carboxylic acids is 1. The van der Waals surface area contributed by atoms with Gasteiger partial charge in [-0.2, -0.15) is 0 Å². The fourth-order valence-electron chi connectivity index (χ4n) is 2.88. The summed E-state index contributed by atoms with van der Waals surface area (Å²) in [5, 5.41) is 8.89. The van der Waals surface area contributed by atoms with Gasteiger partial charge in [0.2, 0.25) is 5.91 Å². The van der Waals surface area contributed by atoms with Crippen LogP contribution in [0.2, 0.25) is 0 Å². The molecule has 0 unspecified atom stereocenters. The van der Waals surface area contributed by atoms with Crippen LogP contribution in [-0.2, 0) is 9.53 Å². The van der Waals surface area contributed by atoms with Gasteiger partial charge in [0.05, 0.1) is 6.61 Å². The maximum atomic E-state index is 12.1. The highest BCUT2D eigenvalue weighted by Gasteiger charge is 2.22. The third-order valence-corrected chi connectivity index (χ3v) is 4.25. The number of aliphatic hydroxyl groups is 1. The van der Waals surface area contributed by atoms with Gasteiger partial charge in [0, 0.05) is 52.4 Å². The van der Waals surface area contributed by atoms with Crippen LogP contribution in [0.4, 0.5) is 0 Å². The highest BCUT2D eigenvalue weighted by molar-refractivity contribution is 5.76. The van der Waals surface area contributed by atoms with Gasteiger partial charge in [-0.3, -0.25) is 9.69 Å². The van der Waals surface area contributed by atoms with Crippen molar-refractivity contribution in [3.05, 3.63) is 0 Å². The molecule has 0 aromatic carbocycles. The second-order valence-corrected chi connectivity index (χ2v) is 5.54. The van der Waals surface area contributed by atoms with E-state index in [1.165, 1.54) is 0 Å². The highest BCUT2D eigenvalue weighted by Crippen LogP contribution is 2.20. The van der Waals surface area contributed by atoms with Gasteiger partial charge in [-0.15, -0.1) is 0 Å². The molecule has 5 heteroatoms. The number of carbonyl (C=O) groups is 1. The molecule has 2 rings (SSSR count). The smallest absolute Gasteiger partial charge is 0.222 e. The molecule has 1 N–H and O–H groups in total. The molecule has 2 heterocycles. The molecule has 0 spiro atoms. The van der Waals surface area contributed by atoms with Gasteiger partial charge in [0.25, 0.3) is 0 Å². The number of aliphatic hydroxyl groups excluding tert-OH is 1. The molecule has 110 valence electrons. The van der Waals surface area contributed by atoms with Crippen molar-refractivity contribution in [3.63, 3.8) is 0 Å². The van der Waals surface area contributed by atoms with Crippen molar-refractivity contribution in [2.24, 2.45) is 5.92 Å². The molecule has 5 nitrogen and oxygen atoms in total. The van der Waals surface area contributed by atoms with Gasteiger partial charge in [-0.25, -0.2) is 0 Å². The van der Waals surface area contributed by atoms with Crippen molar-refractivity contribution in [3.8, 4) is 0 Å². The van der Waals surface area contributed by atoms with Gasteiger partial charge in [-0.1, -0.05) is 0 Å². The number of nitrogens with zero attached hydrogens (tertiary/aromatic N) is 2. The first-order valence-electron chi connectivity index (χ1n) is 7.48. The minimum absolute atomic E-state index is 0.206. The molecule has 0 radical (unpaired) electrons. The average Bonchev–Trinajstić information content (AvgIpc) is 2.47. The third kappa shape index (κ3) is 4.75.